The number of hydrogen-bond acceptors (Lipinski definition) is 6. The van der Waals surface area contributed by atoms with Crippen molar-refractivity contribution in [3.05, 3.63) is 35.9 Å². The summed E-state index contributed by atoms with van der Waals surface area (Å²) in [7, 11) is 1.32. The molecule has 1 aliphatic heterocycles. The number of methoxy groups -OCH3 is 1. The number of carbonyl (C=O) groups is 1. The maximum absolute atomic E-state index is 11.4. The first-order valence-corrected chi connectivity index (χ1v) is 5.95. The van der Waals surface area contributed by atoms with E-state index in [1.165, 1.54) is 12.7 Å². The fraction of sp³-hybridized carbons (Fsp3) is 0.333. The van der Waals surface area contributed by atoms with Crippen molar-refractivity contribution in [1.82, 2.24) is 19.7 Å². The Morgan fingerprint density at radius 3 is 3.00 bits per heavy atom. The zero-order chi connectivity index (χ0) is 13.2. The molecule has 98 valence electrons. The highest BCUT2D eigenvalue weighted by Gasteiger charge is 2.24. The highest BCUT2D eigenvalue weighted by atomic mass is 16.5. The van der Waals surface area contributed by atoms with Crippen LogP contribution in [-0.2, 0) is 11.3 Å². The molecule has 3 heterocycles. The molecule has 2 aromatic heterocycles. The second-order valence-electron chi connectivity index (χ2n) is 4.29. The Labute approximate surface area is 109 Å². The van der Waals surface area contributed by atoms with Gasteiger partial charge in [-0.15, -0.1) is 5.10 Å². The molecule has 7 heteroatoms. The van der Waals surface area contributed by atoms with Gasteiger partial charge in [0.15, 0.2) is 0 Å². The van der Waals surface area contributed by atoms with Crippen LogP contribution in [0.25, 0.3) is 0 Å². The van der Waals surface area contributed by atoms with Gasteiger partial charge in [-0.05, 0) is 17.7 Å². The predicted molar refractivity (Wildman–Crippen MR) is 66.8 cm³/mol. The minimum Gasteiger partial charge on any atom is -0.463 e. The molecule has 7 nitrogen and oxygen atoms in total. The van der Waals surface area contributed by atoms with E-state index in [0.717, 1.165) is 6.54 Å². The van der Waals surface area contributed by atoms with E-state index in [2.05, 4.69) is 25.1 Å². The Kier molecular flexibility index (Phi) is 2.86. The maximum Gasteiger partial charge on any atom is 0.378 e. The van der Waals surface area contributed by atoms with Crippen LogP contribution in [0.1, 0.15) is 22.1 Å². The van der Waals surface area contributed by atoms with E-state index in [1.54, 1.807) is 17.1 Å². The molecule has 0 amide bonds. The summed E-state index contributed by atoms with van der Waals surface area (Å²) in [6, 6.07) is 3.96. The van der Waals surface area contributed by atoms with E-state index >= 15 is 0 Å². The molecule has 1 N–H and O–H groups in total. The molecule has 1 aliphatic rings. The van der Waals surface area contributed by atoms with Gasteiger partial charge in [0.05, 0.1) is 13.7 Å². The smallest absolute Gasteiger partial charge is 0.378 e. The van der Waals surface area contributed by atoms with Crippen molar-refractivity contribution in [2.75, 3.05) is 19.0 Å². The normalized spacial score (nSPS) is 17.4. The number of anilines is 1. The molecule has 2 aromatic rings. The van der Waals surface area contributed by atoms with Gasteiger partial charge in [0.25, 0.3) is 5.82 Å². The molecule has 1 unspecified atom stereocenters. The molecular weight excluding hydrogens is 246 g/mol. The summed E-state index contributed by atoms with van der Waals surface area (Å²) in [5.41, 5.74) is 1.18. The van der Waals surface area contributed by atoms with Crippen molar-refractivity contribution in [2.45, 2.75) is 12.5 Å². The highest BCUT2D eigenvalue weighted by molar-refractivity contribution is 5.85. The monoisotopic (exact) mass is 259 g/mol. The Hall–Kier alpha value is -2.44. The van der Waals surface area contributed by atoms with Crippen molar-refractivity contribution in [3.8, 4) is 0 Å². The van der Waals surface area contributed by atoms with Crippen LogP contribution in [-0.4, -0.2) is 39.4 Å². The molecule has 3 rings (SSSR count). The summed E-state index contributed by atoms with van der Waals surface area (Å²) in [4.78, 5) is 19.5. The quantitative estimate of drug-likeness (QED) is 0.798. The third-order valence-corrected chi connectivity index (χ3v) is 3.12. The van der Waals surface area contributed by atoms with Crippen molar-refractivity contribution >= 4 is 11.9 Å². The lowest BCUT2D eigenvalue weighted by Crippen LogP contribution is -2.26. The average molecular weight is 259 g/mol. The molecule has 1 atom stereocenters. The van der Waals surface area contributed by atoms with Crippen LogP contribution in [0.2, 0.25) is 0 Å². The number of rotatable bonds is 2. The number of fused-ring (bicyclic) bond motifs is 1. The van der Waals surface area contributed by atoms with Crippen molar-refractivity contribution in [1.29, 1.82) is 0 Å². The van der Waals surface area contributed by atoms with E-state index in [-0.39, 0.29) is 11.7 Å². The van der Waals surface area contributed by atoms with E-state index < -0.39 is 5.97 Å². The Balaban J connectivity index is 1.84. The minimum atomic E-state index is -0.524. The second-order valence-corrected chi connectivity index (χ2v) is 4.29. The third-order valence-electron chi connectivity index (χ3n) is 3.12. The second kappa shape index (κ2) is 4.68. The molecule has 0 spiro atoms. The zero-order valence-electron chi connectivity index (χ0n) is 10.4. The van der Waals surface area contributed by atoms with Crippen LogP contribution in [0, 0.1) is 0 Å². The summed E-state index contributed by atoms with van der Waals surface area (Å²) in [5.74, 6) is 0.443. The maximum atomic E-state index is 11.4. The summed E-state index contributed by atoms with van der Waals surface area (Å²) in [6.45, 7) is 1.43. The number of nitrogens with one attached hydrogen (secondary N) is 1. The lowest BCUT2D eigenvalue weighted by molar-refractivity contribution is 0.0586. The van der Waals surface area contributed by atoms with Crippen molar-refractivity contribution < 1.29 is 9.53 Å². The van der Waals surface area contributed by atoms with Crippen molar-refractivity contribution in [2.24, 2.45) is 0 Å². The Morgan fingerprint density at radius 2 is 2.26 bits per heavy atom. The van der Waals surface area contributed by atoms with Gasteiger partial charge in [-0.1, -0.05) is 0 Å². The van der Waals surface area contributed by atoms with Crippen LogP contribution in [0.15, 0.2) is 24.5 Å². The minimum absolute atomic E-state index is 0.0837. The zero-order valence-corrected chi connectivity index (χ0v) is 10.4. The number of carbonyl (C=O) groups excluding carboxylic acids is 1. The van der Waals surface area contributed by atoms with Crippen LogP contribution < -0.4 is 5.32 Å². The van der Waals surface area contributed by atoms with E-state index in [1.807, 2.05) is 12.1 Å². The van der Waals surface area contributed by atoms with Crippen LogP contribution >= 0.6 is 0 Å². The van der Waals surface area contributed by atoms with Crippen molar-refractivity contribution in [3.63, 3.8) is 0 Å². The van der Waals surface area contributed by atoms with Gasteiger partial charge >= 0.3 is 5.97 Å². The largest absolute Gasteiger partial charge is 0.463 e. The summed E-state index contributed by atoms with van der Waals surface area (Å²) >= 11 is 0. The van der Waals surface area contributed by atoms with Gasteiger partial charge < -0.3 is 10.1 Å². The molecular formula is C12H13N5O2. The molecule has 0 saturated carbocycles. The van der Waals surface area contributed by atoms with Gasteiger partial charge in [0, 0.05) is 24.9 Å². The number of ether oxygens (including phenoxy) is 1. The van der Waals surface area contributed by atoms with Gasteiger partial charge in [-0.3, -0.25) is 4.98 Å². The Morgan fingerprint density at radius 1 is 1.47 bits per heavy atom. The fourth-order valence-corrected chi connectivity index (χ4v) is 2.12. The average Bonchev–Trinajstić information content (AvgIpc) is 2.90. The first kappa shape index (κ1) is 11.6. The topological polar surface area (TPSA) is 81.9 Å². The van der Waals surface area contributed by atoms with Crippen LogP contribution in [0.3, 0.4) is 0 Å². The predicted octanol–water partition coefficient (Wildman–Crippen LogP) is 0.669. The Bertz CT molecular complexity index is 595. The molecule has 0 fully saturated rings. The van der Waals surface area contributed by atoms with E-state index in [4.69, 9.17) is 0 Å². The molecule has 19 heavy (non-hydrogen) atoms. The highest BCUT2D eigenvalue weighted by Crippen LogP contribution is 2.23. The van der Waals surface area contributed by atoms with E-state index in [9.17, 15) is 4.79 Å². The first-order chi connectivity index (χ1) is 9.28. The van der Waals surface area contributed by atoms with Crippen LogP contribution in [0.4, 0.5) is 5.95 Å². The number of pyridine rings is 1. The van der Waals surface area contributed by atoms with E-state index in [0.29, 0.717) is 12.5 Å². The number of hydrogen-bond donors (Lipinski definition) is 1. The summed E-state index contributed by atoms with van der Waals surface area (Å²) in [5, 5.41) is 7.32. The molecule has 0 saturated heterocycles. The summed E-state index contributed by atoms with van der Waals surface area (Å²) in [6.07, 6.45) is 3.54. The molecule has 0 aromatic carbocycles. The molecule has 0 bridgehead atoms. The van der Waals surface area contributed by atoms with Crippen LogP contribution in [0.5, 0.6) is 0 Å². The lowest BCUT2D eigenvalue weighted by atomic mass is 9.99. The number of aromatic nitrogens is 4. The number of nitrogens with zero attached hydrogens (tertiary/aromatic N) is 4. The molecule has 0 aliphatic carbocycles. The third kappa shape index (κ3) is 2.14. The first-order valence-electron chi connectivity index (χ1n) is 5.95. The molecule has 0 radical (unpaired) electrons. The number of esters is 1. The van der Waals surface area contributed by atoms with Gasteiger partial charge in [-0.2, -0.15) is 4.98 Å². The standard InChI is InChI=1S/C12H13N5O2/c1-19-11(18)10-15-12-14-6-9(7-17(12)16-10)8-2-4-13-5-3-8/h2-5,9H,6-7H2,1H3,(H,14,15,16). The van der Waals surface area contributed by atoms with Gasteiger partial charge in [-0.25, -0.2) is 9.48 Å². The van der Waals surface area contributed by atoms with Gasteiger partial charge in [0.1, 0.15) is 0 Å². The van der Waals surface area contributed by atoms with Gasteiger partial charge in [0.2, 0.25) is 5.95 Å². The SMILES string of the molecule is COC(=O)c1nc2n(n1)CC(c1ccncc1)CN2. The lowest BCUT2D eigenvalue weighted by Gasteiger charge is -2.23. The summed E-state index contributed by atoms with van der Waals surface area (Å²) < 4.78 is 6.31. The fourth-order valence-electron chi connectivity index (χ4n) is 2.12.